The molecule has 0 aliphatic heterocycles. The summed E-state index contributed by atoms with van der Waals surface area (Å²) >= 11 is 0. The van der Waals surface area contributed by atoms with E-state index < -0.39 is 0 Å². The van der Waals surface area contributed by atoms with E-state index in [1.165, 1.54) is 24.8 Å². The highest BCUT2D eigenvalue weighted by Crippen LogP contribution is 2.50. The Kier molecular flexibility index (Phi) is 2.88. The third-order valence-electron chi connectivity index (χ3n) is 4.23. The molecule has 0 radical (unpaired) electrons. The average molecular weight is 238 g/mol. The molecule has 1 atom stereocenters. The predicted octanol–water partition coefficient (Wildman–Crippen LogP) is 3.20. The lowest BCUT2D eigenvalue weighted by molar-refractivity contribution is 0.196. The van der Waals surface area contributed by atoms with Gasteiger partial charge in [0, 0.05) is 23.9 Å². The molecule has 2 N–H and O–H groups in total. The van der Waals surface area contributed by atoms with Crippen molar-refractivity contribution in [2.75, 3.05) is 0 Å². The van der Waals surface area contributed by atoms with Crippen LogP contribution >= 0.6 is 0 Å². The highest BCUT2D eigenvalue weighted by Gasteiger charge is 2.44. The Hall–Kier alpha value is -1.67. The molecular weight excluding hydrogens is 220 g/mol. The first-order valence-corrected chi connectivity index (χ1v) is 6.54. The zero-order valence-corrected chi connectivity index (χ0v) is 10.4. The van der Waals surface area contributed by atoms with Gasteiger partial charge in [-0.15, -0.1) is 0 Å². The van der Waals surface area contributed by atoms with E-state index >= 15 is 0 Å². The summed E-state index contributed by atoms with van der Waals surface area (Å²) < 4.78 is 0. The SMILES string of the molecule is NC(c1cccnc1)C1(c2ccccc2)CCC1. The molecule has 18 heavy (non-hydrogen) atoms. The van der Waals surface area contributed by atoms with Gasteiger partial charge in [-0.25, -0.2) is 0 Å². The van der Waals surface area contributed by atoms with Crippen LogP contribution in [-0.4, -0.2) is 4.98 Å². The van der Waals surface area contributed by atoms with Crippen LogP contribution in [0.4, 0.5) is 0 Å². The summed E-state index contributed by atoms with van der Waals surface area (Å²) in [6.45, 7) is 0. The first kappa shape index (κ1) is 11.4. The molecule has 1 aliphatic carbocycles. The molecule has 1 aliphatic rings. The fraction of sp³-hybridized carbons (Fsp3) is 0.312. The molecule has 0 amide bonds. The molecule has 1 fully saturated rings. The van der Waals surface area contributed by atoms with E-state index in [2.05, 4.69) is 41.4 Å². The van der Waals surface area contributed by atoms with Crippen molar-refractivity contribution in [2.24, 2.45) is 5.73 Å². The van der Waals surface area contributed by atoms with Crippen molar-refractivity contribution in [3.63, 3.8) is 0 Å². The molecule has 3 rings (SSSR count). The molecular formula is C16H18N2. The Morgan fingerprint density at radius 1 is 1.06 bits per heavy atom. The second kappa shape index (κ2) is 4.54. The van der Waals surface area contributed by atoms with Crippen LogP contribution in [0.25, 0.3) is 0 Å². The van der Waals surface area contributed by atoms with E-state index in [0.717, 1.165) is 5.56 Å². The summed E-state index contributed by atoms with van der Waals surface area (Å²) in [4.78, 5) is 4.19. The van der Waals surface area contributed by atoms with Gasteiger partial charge in [-0.3, -0.25) is 4.98 Å². The van der Waals surface area contributed by atoms with Crippen molar-refractivity contribution in [3.8, 4) is 0 Å². The number of nitrogens with zero attached hydrogens (tertiary/aromatic N) is 1. The molecule has 92 valence electrons. The van der Waals surface area contributed by atoms with Gasteiger partial charge >= 0.3 is 0 Å². The van der Waals surface area contributed by atoms with Crippen LogP contribution in [0, 0.1) is 0 Å². The van der Waals surface area contributed by atoms with Crippen LogP contribution < -0.4 is 5.73 Å². The zero-order chi connectivity index (χ0) is 12.4. The molecule has 1 aromatic carbocycles. The van der Waals surface area contributed by atoms with Crippen molar-refractivity contribution in [2.45, 2.75) is 30.7 Å². The first-order chi connectivity index (χ1) is 8.83. The standard InChI is InChI=1S/C16H18N2/c17-15(13-6-4-11-18-12-13)16(9-5-10-16)14-7-2-1-3-8-14/h1-4,6-8,11-12,15H,5,9-10,17H2. The number of hydrogen-bond donors (Lipinski definition) is 1. The Balaban J connectivity index is 1.98. The summed E-state index contributed by atoms with van der Waals surface area (Å²) in [7, 11) is 0. The van der Waals surface area contributed by atoms with E-state index in [1.54, 1.807) is 6.20 Å². The van der Waals surface area contributed by atoms with Crippen molar-refractivity contribution >= 4 is 0 Å². The summed E-state index contributed by atoms with van der Waals surface area (Å²) in [5, 5.41) is 0. The highest BCUT2D eigenvalue weighted by atomic mass is 14.7. The summed E-state index contributed by atoms with van der Waals surface area (Å²) in [5.41, 5.74) is 9.15. The van der Waals surface area contributed by atoms with Crippen molar-refractivity contribution in [3.05, 3.63) is 66.0 Å². The second-order valence-electron chi connectivity index (χ2n) is 5.14. The minimum absolute atomic E-state index is 0.0438. The fourth-order valence-corrected chi connectivity index (χ4v) is 2.99. The van der Waals surface area contributed by atoms with Crippen molar-refractivity contribution < 1.29 is 0 Å². The number of benzene rings is 1. The van der Waals surface area contributed by atoms with E-state index in [-0.39, 0.29) is 11.5 Å². The zero-order valence-electron chi connectivity index (χ0n) is 10.4. The van der Waals surface area contributed by atoms with Crippen LogP contribution in [-0.2, 0) is 5.41 Å². The Morgan fingerprint density at radius 3 is 2.39 bits per heavy atom. The van der Waals surface area contributed by atoms with E-state index in [9.17, 15) is 0 Å². The number of rotatable bonds is 3. The van der Waals surface area contributed by atoms with E-state index in [4.69, 9.17) is 5.73 Å². The molecule has 1 saturated carbocycles. The molecule has 2 heteroatoms. The summed E-state index contributed by atoms with van der Waals surface area (Å²) in [5.74, 6) is 0. The lowest BCUT2D eigenvalue weighted by Gasteiger charge is -2.47. The second-order valence-corrected chi connectivity index (χ2v) is 5.14. The fourth-order valence-electron chi connectivity index (χ4n) is 2.99. The molecule has 1 unspecified atom stereocenters. The normalized spacial score (nSPS) is 18.9. The van der Waals surface area contributed by atoms with Crippen molar-refractivity contribution in [1.29, 1.82) is 0 Å². The Bertz CT molecular complexity index is 503. The Labute approximate surface area is 108 Å². The van der Waals surface area contributed by atoms with Gasteiger partial charge < -0.3 is 5.73 Å². The largest absolute Gasteiger partial charge is 0.323 e. The maximum Gasteiger partial charge on any atom is 0.0408 e. The highest BCUT2D eigenvalue weighted by molar-refractivity contribution is 5.34. The molecule has 0 bridgehead atoms. The first-order valence-electron chi connectivity index (χ1n) is 6.54. The smallest absolute Gasteiger partial charge is 0.0408 e. The van der Waals surface area contributed by atoms with Crippen LogP contribution in [0.5, 0.6) is 0 Å². The van der Waals surface area contributed by atoms with Crippen LogP contribution in [0.3, 0.4) is 0 Å². The average Bonchev–Trinajstić information content (AvgIpc) is 2.40. The molecule has 0 spiro atoms. The number of hydrogen-bond acceptors (Lipinski definition) is 2. The molecule has 1 aromatic heterocycles. The minimum Gasteiger partial charge on any atom is -0.323 e. The summed E-state index contributed by atoms with van der Waals surface area (Å²) in [6.07, 6.45) is 7.31. The van der Waals surface area contributed by atoms with E-state index in [0.29, 0.717) is 0 Å². The quantitative estimate of drug-likeness (QED) is 0.891. The predicted molar refractivity (Wildman–Crippen MR) is 73.1 cm³/mol. The third-order valence-corrected chi connectivity index (χ3v) is 4.23. The summed E-state index contributed by atoms with van der Waals surface area (Å²) in [6, 6.07) is 14.8. The number of nitrogens with two attached hydrogens (primary N) is 1. The lowest BCUT2D eigenvalue weighted by atomic mass is 9.59. The Morgan fingerprint density at radius 2 is 1.83 bits per heavy atom. The van der Waals surface area contributed by atoms with E-state index in [1.807, 2.05) is 12.3 Å². The van der Waals surface area contributed by atoms with Crippen LogP contribution in [0.2, 0.25) is 0 Å². The molecule has 2 nitrogen and oxygen atoms in total. The number of pyridine rings is 1. The third kappa shape index (κ3) is 1.73. The van der Waals surface area contributed by atoms with Crippen LogP contribution in [0.1, 0.15) is 36.4 Å². The lowest BCUT2D eigenvalue weighted by Crippen LogP contribution is -2.44. The molecule has 1 heterocycles. The van der Waals surface area contributed by atoms with Gasteiger partial charge in [-0.1, -0.05) is 42.8 Å². The van der Waals surface area contributed by atoms with Gasteiger partial charge in [-0.05, 0) is 30.0 Å². The van der Waals surface area contributed by atoms with Crippen molar-refractivity contribution in [1.82, 2.24) is 4.98 Å². The van der Waals surface area contributed by atoms with Crippen LogP contribution in [0.15, 0.2) is 54.9 Å². The van der Waals surface area contributed by atoms with Gasteiger partial charge in [0.05, 0.1) is 0 Å². The monoisotopic (exact) mass is 238 g/mol. The topological polar surface area (TPSA) is 38.9 Å². The van der Waals surface area contributed by atoms with Gasteiger partial charge in [0.2, 0.25) is 0 Å². The van der Waals surface area contributed by atoms with Gasteiger partial charge in [0.1, 0.15) is 0 Å². The van der Waals surface area contributed by atoms with Gasteiger partial charge in [0.25, 0.3) is 0 Å². The maximum atomic E-state index is 6.53. The minimum atomic E-state index is 0.0438. The number of aromatic nitrogens is 1. The molecule has 2 aromatic rings. The molecule has 0 saturated heterocycles. The maximum absolute atomic E-state index is 6.53. The van der Waals surface area contributed by atoms with Gasteiger partial charge in [0.15, 0.2) is 0 Å². The van der Waals surface area contributed by atoms with Gasteiger partial charge in [-0.2, -0.15) is 0 Å².